The van der Waals surface area contributed by atoms with E-state index in [1.807, 2.05) is 0 Å². The fourth-order valence-electron chi connectivity index (χ4n) is 4.61. The summed E-state index contributed by atoms with van der Waals surface area (Å²) < 4.78 is 6.53. The Morgan fingerprint density at radius 1 is 0.704 bits per heavy atom. The molecular formula is C26H28Ti. The standard InChI is InChI=1S/2C8H9.2C5H5.Ti/c2*1-2-8-6-4-3-5-7-8;2*1-2-4-5-3-1;/h2*3-4,6-7H,2H2,1H3;2*1-3H,4H2;. The van der Waals surface area contributed by atoms with Gasteiger partial charge in [0.25, 0.3) is 0 Å². The minimum absolute atomic E-state index is 1.09. The number of hydrogen-bond donors (Lipinski definition) is 0. The van der Waals surface area contributed by atoms with E-state index in [9.17, 15) is 0 Å². The molecule has 0 radical (unpaired) electrons. The molecule has 0 spiro atoms. The molecule has 0 aromatic heterocycles. The van der Waals surface area contributed by atoms with Crippen LogP contribution in [0.25, 0.3) is 0 Å². The predicted molar refractivity (Wildman–Crippen MR) is 115 cm³/mol. The van der Waals surface area contributed by atoms with Gasteiger partial charge in [0.1, 0.15) is 0 Å². The monoisotopic (exact) mass is 388 g/mol. The number of allylic oxidation sites excluding steroid dienone is 8. The van der Waals surface area contributed by atoms with Gasteiger partial charge in [0, 0.05) is 0 Å². The molecule has 0 saturated heterocycles. The third-order valence-corrected chi connectivity index (χ3v) is 13.9. The summed E-state index contributed by atoms with van der Waals surface area (Å²) in [6, 6.07) is 19.0. The van der Waals surface area contributed by atoms with Gasteiger partial charge in [-0.15, -0.1) is 0 Å². The molecule has 2 aliphatic rings. The van der Waals surface area contributed by atoms with Gasteiger partial charge in [-0.1, -0.05) is 0 Å². The molecule has 27 heavy (non-hydrogen) atoms. The van der Waals surface area contributed by atoms with Crippen LogP contribution in [-0.4, -0.2) is 0 Å². The molecule has 1 heteroatoms. The van der Waals surface area contributed by atoms with E-state index in [2.05, 4.69) is 98.8 Å². The van der Waals surface area contributed by atoms with E-state index in [-0.39, 0.29) is 0 Å². The molecule has 0 atom stereocenters. The number of hydrogen-bond acceptors (Lipinski definition) is 0. The van der Waals surface area contributed by atoms with Crippen LogP contribution in [-0.2, 0) is 29.4 Å². The van der Waals surface area contributed by atoms with Gasteiger partial charge >= 0.3 is 168 Å². The molecule has 0 nitrogen and oxygen atoms in total. The van der Waals surface area contributed by atoms with E-state index >= 15 is 0 Å². The zero-order valence-corrected chi connectivity index (χ0v) is 18.0. The average molecular weight is 388 g/mol. The second-order valence-corrected chi connectivity index (χ2v) is 13.7. The van der Waals surface area contributed by atoms with Crippen LogP contribution in [0.3, 0.4) is 0 Å². The molecule has 2 aliphatic carbocycles. The summed E-state index contributed by atoms with van der Waals surface area (Å²) in [7, 11) is 0. The molecule has 136 valence electrons. The van der Waals surface area contributed by atoms with Crippen molar-refractivity contribution in [3.05, 3.63) is 104 Å². The molecule has 2 aromatic carbocycles. The van der Waals surface area contributed by atoms with Gasteiger partial charge in [-0.25, -0.2) is 0 Å². The van der Waals surface area contributed by atoms with Gasteiger partial charge in [-0.2, -0.15) is 0 Å². The average Bonchev–Trinajstić information content (AvgIpc) is 3.44. The maximum atomic E-state index is 2.51. The van der Waals surface area contributed by atoms with Crippen molar-refractivity contribution in [2.75, 3.05) is 0 Å². The van der Waals surface area contributed by atoms with Crippen molar-refractivity contribution in [1.82, 2.24) is 0 Å². The molecule has 0 N–H and O–H groups in total. The van der Waals surface area contributed by atoms with E-state index in [0.29, 0.717) is 0 Å². The number of benzene rings is 2. The molecule has 2 aromatic rings. The summed E-state index contributed by atoms with van der Waals surface area (Å²) in [6.07, 6.45) is 18.5. The van der Waals surface area contributed by atoms with Crippen LogP contribution < -0.4 is 7.74 Å². The first-order valence-electron chi connectivity index (χ1n) is 10.2. The fraction of sp³-hybridized carbons (Fsp3) is 0.231. The molecule has 0 fully saturated rings. The van der Waals surface area contributed by atoms with Crippen molar-refractivity contribution in [2.45, 2.75) is 39.5 Å². The van der Waals surface area contributed by atoms with Crippen molar-refractivity contribution in [2.24, 2.45) is 0 Å². The zero-order valence-electron chi connectivity index (χ0n) is 16.4. The predicted octanol–water partition coefficient (Wildman–Crippen LogP) is 5.60. The van der Waals surface area contributed by atoms with Crippen LogP contribution >= 0.6 is 0 Å². The van der Waals surface area contributed by atoms with Crippen LogP contribution in [0.2, 0.25) is 0 Å². The summed E-state index contributed by atoms with van der Waals surface area (Å²) in [5.74, 6) is 0. The Bertz CT molecular complexity index is 876. The molecule has 0 heterocycles. The van der Waals surface area contributed by atoms with Gasteiger partial charge in [0.2, 0.25) is 0 Å². The molecule has 0 bridgehead atoms. The maximum absolute atomic E-state index is 2.88. The van der Waals surface area contributed by atoms with Crippen molar-refractivity contribution in [1.29, 1.82) is 0 Å². The Balaban J connectivity index is 2.02. The van der Waals surface area contributed by atoms with Gasteiger partial charge in [0.05, 0.1) is 0 Å². The third-order valence-electron chi connectivity index (χ3n) is 6.04. The van der Waals surface area contributed by atoms with Crippen molar-refractivity contribution < 1.29 is 16.6 Å². The van der Waals surface area contributed by atoms with E-state index in [1.54, 1.807) is 15.5 Å². The Morgan fingerprint density at radius 2 is 1.19 bits per heavy atom. The van der Waals surface area contributed by atoms with E-state index < -0.39 is 16.6 Å². The van der Waals surface area contributed by atoms with Gasteiger partial charge in [-0.3, -0.25) is 0 Å². The molecule has 0 unspecified atom stereocenters. The van der Waals surface area contributed by atoms with Crippen LogP contribution in [0.5, 0.6) is 0 Å². The Kier molecular flexibility index (Phi) is 5.48. The SMILES string of the molecule is CCc1ccc[c]([Ti]([C]2=CC=CC2)([C]2=CC=CC2)[c]2cccc(CC)c2)c1. The Morgan fingerprint density at radius 3 is 1.56 bits per heavy atom. The summed E-state index contributed by atoms with van der Waals surface area (Å²) in [4.78, 5) is 0. The topological polar surface area (TPSA) is 0 Å². The first kappa shape index (κ1) is 18.5. The second kappa shape index (κ2) is 8.01. The zero-order chi connectivity index (χ0) is 18.7. The normalized spacial score (nSPS) is 15.9. The minimum atomic E-state index is -2.88. The van der Waals surface area contributed by atoms with Crippen LogP contribution in [0.1, 0.15) is 37.8 Å². The van der Waals surface area contributed by atoms with Crippen molar-refractivity contribution in [3.8, 4) is 0 Å². The molecule has 4 rings (SSSR count). The van der Waals surface area contributed by atoms with Crippen LogP contribution in [0.4, 0.5) is 0 Å². The quantitative estimate of drug-likeness (QED) is 0.565. The van der Waals surface area contributed by atoms with Crippen molar-refractivity contribution >= 4 is 7.74 Å². The fourth-order valence-corrected chi connectivity index (χ4v) is 12.8. The van der Waals surface area contributed by atoms with Crippen molar-refractivity contribution in [3.63, 3.8) is 0 Å². The van der Waals surface area contributed by atoms with E-state index in [4.69, 9.17) is 0 Å². The summed E-state index contributed by atoms with van der Waals surface area (Å²) >= 11 is -2.88. The number of aryl methyl sites for hydroxylation is 2. The number of rotatable bonds is 6. The van der Waals surface area contributed by atoms with E-state index in [1.165, 1.54) is 11.1 Å². The molecule has 0 saturated carbocycles. The summed E-state index contributed by atoms with van der Waals surface area (Å²) in [6.45, 7) is 4.52. The Labute approximate surface area is 167 Å². The second-order valence-electron chi connectivity index (χ2n) is 7.51. The first-order valence-corrected chi connectivity index (χ1v) is 13.3. The summed E-state index contributed by atoms with van der Waals surface area (Å²) in [5.41, 5.74) is 2.90. The van der Waals surface area contributed by atoms with Crippen LogP contribution in [0, 0.1) is 0 Å². The van der Waals surface area contributed by atoms with Crippen LogP contribution in [0.15, 0.2) is 92.7 Å². The van der Waals surface area contributed by atoms with Gasteiger partial charge in [-0.05, 0) is 0 Å². The molecule has 0 amide bonds. The first-order chi connectivity index (χ1) is 13.3. The molecule has 0 aliphatic heterocycles. The van der Waals surface area contributed by atoms with Gasteiger partial charge < -0.3 is 0 Å². The van der Waals surface area contributed by atoms with Gasteiger partial charge in [0.15, 0.2) is 0 Å². The Hall–Kier alpha value is -1.89. The van der Waals surface area contributed by atoms with E-state index in [0.717, 1.165) is 25.7 Å². The summed E-state index contributed by atoms with van der Waals surface area (Å²) in [5, 5.41) is 0. The molecular weight excluding hydrogens is 360 g/mol. The third kappa shape index (κ3) is 3.26.